The van der Waals surface area contributed by atoms with Gasteiger partial charge in [0.15, 0.2) is 11.0 Å². The van der Waals surface area contributed by atoms with Gasteiger partial charge in [0.1, 0.15) is 5.82 Å². The van der Waals surface area contributed by atoms with E-state index in [1.54, 1.807) is 37.3 Å². The van der Waals surface area contributed by atoms with Gasteiger partial charge in [-0.2, -0.15) is 0 Å². The standard InChI is InChI=1S/C24H26Cl2FN5OS/c1-15(31-12-4-3-5-13-31)22-29-30-24(32(22)19-9-7-18(27)8-10-19)34-16(2)23(33)28-21-14-17(25)6-11-20(21)26/h6-11,14-16H,3-5,12-13H2,1-2H3,(H,28,33). The summed E-state index contributed by atoms with van der Waals surface area (Å²) in [4.78, 5) is 15.3. The molecule has 2 heterocycles. The minimum absolute atomic E-state index is 0.0293. The number of nitrogens with one attached hydrogen (secondary N) is 1. The molecule has 2 aromatic carbocycles. The second-order valence-corrected chi connectivity index (χ2v) is 10.5. The monoisotopic (exact) mass is 521 g/mol. The van der Waals surface area contributed by atoms with Crippen LogP contribution in [0.4, 0.5) is 10.1 Å². The summed E-state index contributed by atoms with van der Waals surface area (Å²) in [5.74, 6) is 0.206. The fourth-order valence-corrected chi connectivity index (χ4v) is 5.18. The maximum absolute atomic E-state index is 13.6. The Morgan fingerprint density at radius 2 is 1.76 bits per heavy atom. The summed E-state index contributed by atoms with van der Waals surface area (Å²) < 4.78 is 15.6. The minimum atomic E-state index is -0.503. The van der Waals surface area contributed by atoms with Crippen LogP contribution in [0.15, 0.2) is 47.6 Å². The Bertz CT molecular complexity index is 1150. The molecule has 6 nitrogen and oxygen atoms in total. The lowest BCUT2D eigenvalue weighted by molar-refractivity contribution is -0.115. The first kappa shape index (κ1) is 25.0. The number of nitrogens with zero attached hydrogens (tertiary/aromatic N) is 4. The fraction of sp³-hybridized carbons (Fsp3) is 0.375. The Hall–Kier alpha value is -2.13. The average Bonchev–Trinajstić information content (AvgIpc) is 3.25. The van der Waals surface area contributed by atoms with Crippen molar-refractivity contribution in [3.63, 3.8) is 0 Å². The van der Waals surface area contributed by atoms with Crippen molar-refractivity contribution in [2.45, 2.75) is 49.6 Å². The number of benzene rings is 2. The van der Waals surface area contributed by atoms with Crippen LogP contribution in [0.2, 0.25) is 10.0 Å². The first-order chi connectivity index (χ1) is 16.3. The first-order valence-electron chi connectivity index (χ1n) is 11.2. The van der Waals surface area contributed by atoms with Gasteiger partial charge in [0, 0.05) is 10.7 Å². The topological polar surface area (TPSA) is 63.1 Å². The fourth-order valence-electron chi connectivity index (χ4n) is 3.97. The molecule has 3 aromatic rings. The molecule has 0 aliphatic carbocycles. The Labute approximate surface area is 212 Å². The SMILES string of the molecule is CC(Sc1nnc(C(C)N2CCCCC2)n1-c1ccc(F)cc1)C(=O)Nc1cc(Cl)ccc1Cl. The van der Waals surface area contributed by atoms with E-state index in [2.05, 4.69) is 27.3 Å². The van der Waals surface area contributed by atoms with Crippen LogP contribution in [-0.4, -0.2) is 43.9 Å². The molecule has 1 fully saturated rings. The summed E-state index contributed by atoms with van der Waals surface area (Å²) in [6.45, 7) is 5.90. The molecule has 0 radical (unpaired) electrons. The molecule has 34 heavy (non-hydrogen) atoms. The van der Waals surface area contributed by atoms with Crippen molar-refractivity contribution in [2.24, 2.45) is 0 Å². The number of carbonyl (C=O) groups excluding carboxylic acids is 1. The molecule has 0 spiro atoms. The highest BCUT2D eigenvalue weighted by Gasteiger charge is 2.27. The van der Waals surface area contributed by atoms with E-state index < -0.39 is 5.25 Å². The van der Waals surface area contributed by atoms with E-state index in [1.807, 2.05) is 4.57 Å². The normalized spacial score (nSPS) is 16.3. The number of anilines is 1. The van der Waals surface area contributed by atoms with Crippen LogP contribution in [0.1, 0.15) is 45.0 Å². The van der Waals surface area contributed by atoms with E-state index in [0.717, 1.165) is 37.4 Å². The number of carbonyl (C=O) groups is 1. The second-order valence-electron chi connectivity index (χ2n) is 8.30. The van der Waals surface area contributed by atoms with E-state index in [4.69, 9.17) is 23.2 Å². The van der Waals surface area contributed by atoms with Crippen molar-refractivity contribution < 1.29 is 9.18 Å². The summed E-state index contributed by atoms with van der Waals surface area (Å²) >= 11 is 13.5. The van der Waals surface area contributed by atoms with Crippen molar-refractivity contribution in [1.29, 1.82) is 0 Å². The van der Waals surface area contributed by atoms with Crippen molar-refractivity contribution in [2.75, 3.05) is 18.4 Å². The molecule has 10 heteroatoms. The van der Waals surface area contributed by atoms with Crippen molar-refractivity contribution >= 4 is 46.6 Å². The Kier molecular flexibility index (Phi) is 8.14. The maximum atomic E-state index is 13.6. The van der Waals surface area contributed by atoms with Crippen LogP contribution in [0.25, 0.3) is 5.69 Å². The summed E-state index contributed by atoms with van der Waals surface area (Å²) in [7, 11) is 0. The quantitative estimate of drug-likeness (QED) is 0.365. The molecular weight excluding hydrogens is 496 g/mol. The van der Waals surface area contributed by atoms with Crippen molar-refractivity contribution in [3.8, 4) is 5.69 Å². The van der Waals surface area contributed by atoms with Gasteiger partial charge in [-0.3, -0.25) is 14.3 Å². The van der Waals surface area contributed by atoms with Gasteiger partial charge in [-0.05, 0) is 82.2 Å². The molecule has 4 rings (SSSR count). The average molecular weight is 522 g/mol. The van der Waals surface area contributed by atoms with E-state index in [0.29, 0.717) is 20.9 Å². The molecule has 2 atom stereocenters. The number of hydrogen-bond donors (Lipinski definition) is 1. The van der Waals surface area contributed by atoms with Gasteiger partial charge in [-0.15, -0.1) is 10.2 Å². The van der Waals surface area contributed by atoms with Crippen molar-refractivity contribution in [3.05, 3.63) is 64.2 Å². The number of thioether (sulfide) groups is 1. The molecule has 1 amide bonds. The van der Waals surface area contributed by atoms with Gasteiger partial charge in [-0.1, -0.05) is 41.4 Å². The van der Waals surface area contributed by atoms with E-state index in [1.165, 1.54) is 30.3 Å². The van der Waals surface area contributed by atoms with Crippen LogP contribution < -0.4 is 5.32 Å². The maximum Gasteiger partial charge on any atom is 0.237 e. The van der Waals surface area contributed by atoms with Gasteiger partial charge in [0.25, 0.3) is 0 Å². The van der Waals surface area contributed by atoms with Gasteiger partial charge in [0.2, 0.25) is 5.91 Å². The van der Waals surface area contributed by atoms with Crippen molar-refractivity contribution in [1.82, 2.24) is 19.7 Å². The summed E-state index contributed by atoms with van der Waals surface area (Å²) in [5.41, 5.74) is 1.20. The summed E-state index contributed by atoms with van der Waals surface area (Å²) in [5, 5.41) is 12.7. The zero-order valence-corrected chi connectivity index (χ0v) is 21.3. The molecule has 1 N–H and O–H groups in total. The third-order valence-electron chi connectivity index (χ3n) is 5.89. The molecule has 0 bridgehead atoms. The first-order valence-corrected chi connectivity index (χ1v) is 12.8. The van der Waals surface area contributed by atoms with Crippen LogP contribution in [0.5, 0.6) is 0 Å². The molecular formula is C24H26Cl2FN5OS. The van der Waals surface area contributed by atoms with E-state index >= 15 is 0 Å². The molecule has 1 aliphatic heterocycles. The van der Waals surface area contributed by atoms with Gasteiger partial charge < -0.3 is 5.32 Å². The zero-order chi connectivity index (χ0) is 24.2. The lowest BCUT2D eigenvalue weighted by atomic mass is 10.1. The van der Waals surface area contributed by atoms with E-state index in [-0.39, 0.29) is 17.8 Å². The van der Waals surface area contributed by atoms with Crippen LogP contribution >= 0.6 is 35.0 Å². The smallest absolute Gasteiger partial charge is 0.237 e. The molecule has 0 saturated carbocycles. The highest BCUT2D eigenvalue weighted by Crippen LogP contribution is 2.32. The number of rotatable bonds is 7. The summed E-state index contributed by atoms with van der Waals surface area (Å²) in [6.07, 6.45) is 3.54. The van der Waals surface area contributed by atoms with E-state index in [9.17, 15) is 9.18 Å². The van der Waals surface area contributed by atoms with Crippen LogP contribution in [-0.2, 0) is 4.79 Å². The zero-order valence-electron chi connectivity index (χ0n) is 19.0. The molecule has 2 unspecified atom stereocenters. The highest BCUT2D eigenvalue weighted by atomic mass is 35.5. The Balaban J connectivity index is 1.60. The molecule has 1 aliphatic rings. The summed E-state index contributed by atoms with van der Waals surface area (Å²) in [6, 6.07) is 11.2. The highest BCUT2D eigenvalue weighted by molar-refractivity contribution is 8.00. The van der Waals surface area contributed by atoms with Crippen LogP contribution in [0.3, 0.4) is 0 Å². The minimum Gasteiger partial charge on any atom is -0.324 e. The predicted molar refractivity (Wildman–Crippen MR) is 136 cm³/mol. The van der Waals surface area contributed by atoms with Crippen LogP contribution in [0, 0.1) is 5.82 Å². The number of piperidine rings is 1. The predicted octanol–water partition coefficient (Wildman–Crippen LogP) is 6.38. The molecule has 180 valence electrons. The number of likely N-dealkylation sites (tertiary alicyclic amines) is 1. The molecule has 1 aromatic heterocycles. The second kappa shape index (κ2) is 11.1. The number of amides is 1. The molecule has 1 saturated heterocycles. The largest absolute Gasteiger partial charge is 0.324 e. The Morgan fingerprint density at radius 3 is 2.47 bits per heavy atom. The third kappa shape index (κ3) is 5.74. The number of halogens is 3. The number of hydrogen-bond acceptors (Lipinski definition) is 5. The van der Waals surface area contributed by atoms with Gasteiger partial charge >= 0.3 is 0 Å². The number of aromatic nitrogens is 3. The Morgan fingerprint density at radius 1 is 1.06 bits per heavy atom. The third-order valence-corrected chi connectivity index (χ3v) is 7.50. The lowest BCUT2D eigenvalue weighted by Crippen LogP contribution is -2.33. The van der Waals surface area contributed by atoms with Gasteiger partial charge in [0.05, 0.1) is 22.0 Å². The van der Waals surface area contributed by atoms with Gasteiger partial charge in [-0.25, -0.2) is 4.39 Å². The lowest BCUT2D eigenvalue weighted by Gasteiger charge is -2.32.